The Morgan fingerprint density at radius 1 is 1.40 bits per heavy atom. The molecule has 0 fully saturated rings. The number of rotatable bonds is 9. The summed E-state index contributed by atoms with van der Waals surface area (Å²) in [7, 11) is 1.63. The number of nitrogens with one attached hydrogen (secondary N) is 1. The maximum Gasteiger partial charge on any atom is 0.252 e. The van der Waals surface area contributed by atoms with Gasteiger partial charge >= 0.3 is 0 Å². The van der Waals surface area contributed by atoms with Crippen molar-refractivity contribution in [2.75, 3.05) is 39.2 Å². The van der Waals surface area contributed by atoms with Crippen molar-refractivity contribution in [1.82, 2.24) is 10.3 Å². The van der Waals surface area contributed by atoms with Crippen LogP contribution in [0.3, 0.4) is 0 Å². The van der Waals surface area contributed by atoms with Crippen LogP contribution in [0.1, 0.15) is 23.2 Å². The van der Waals surface area contributed by atoms with Gasteiger partial charge in [0.1, 0.15) is 5.82 Å². The lowest BCUT2D eigenvalue weighted by Crippen LogP contribution is -2.25. The molecule has 0 aromatic carbocycles. The summed E-state index contributed by atoms with van der Waals surface area (Å²) in [4.78, 5) is 15.7. The Hall–Kier alpha value is -1.37. The van der Waals surface area contributed by atoms with Gasteiger partial charge in [0.15, 0.2) is 0 Å². The quantitative estimate of drug-likeness (QED) is 0.675. The highest BCUT2D eigenvalue weighted by molar-refractivity contribution is 6.33. The minimum Gasteiger partial charge on any atom is -0.384 e. The summed E-state index contributed by atoms with van der Waals surface area (Å²) in [5.41, 5.74) is 5.87. The van der Waals surface area contributed by atoms with Crippen molar-refractivity contribution in [3.8, 4) is 0 Å². The summed E-state index contributed by atoms with van der Waals surface area (Å²) in [5, 5.41) is 3.07. The zero-order chi connectivity index (χ0) is 14.8. The van der Waals surface area contributed by atoms with Crippen LogP contribution in [0, 0.1) is 0 Å². The summed E-state index contributed by atoms with van der Waals surface area (Å²) in [6.07, 6.45) is 3.07. The molecule has 7 heteroatoms. The number of nitrogens with zero attached hydrogens (tertiary/aromatic N) is 1. The molecule has 112 valence electrons. The second kappa shape index (κ2) is 9.52. The van der Waals surface area contributed by atoms with E-state index in [2.05, 4.69) is 10.3 Å². The normalized spacial score (nSPS) is 10.5. The Labute approximate surface area is 123 Å². The van der Waals surface area contributed by atoms with Crippen molar-refractivity contribution in [2.45, 2.75) is 12.8 Å². The number of methoxy groups -OCH3 is 1. The van der Waals surface area contributed by atoms with E-state index in [0.29, 0.717) is 37.0 Å². The van der Waals surface area contributed by atoms with E-state index in [-0.39, 0.29) is 11.7 Å². The molecule has 3 N–H and O–H groups in total. The number of nitrogen functional groups attached to an aromatic ring is 1. The number of hydrogen-bond donors (Lipinski definition) is 2. The van der Waals surface area contributed by atoms with E-state index in [9.17, 15) is 4.79 Å². The van der Waals surface area contributed by atoms with Crippen molar-refractivity contribution in [3.63, 3.8) is 0 Å². The molecular formula is C13H20ClN3O3. The van der Waals surface area contributed by atoms with E-state index < -0.39 is 0 Å². The van der Waals surface area contributed by atoms with Gasteiger partial charge in [0.2, 0.25) is 0 Å². The van der Waals surface area contributed by atoms with Crippen LogP contribution in [-0.2, 0) is 9.47 Å². The molecule has 1 amide bonds. The van der Waals surface area contributed by atoms with E-state index in [0.717, 1.165) is 12.8 Å². The Balaban J connectivity index is 2.18. The average molecular weight is 302 g/mol. The molecule has 0 unspecified atom stereocenters. The first-order valence-corrected chi connectivity index (χ1v) is 6.79. The van der Waals surface area contributed by atoms with Gasteiger partial charge in [-0.2, -0.15) is 0 Å². The van der Waals surface area contributed by atoms with Crippen LogP contribution < -0.4 is 11.1 Å². The number of carbonyl (C=O) groups is 1. The Kier molecular flexibility index (Phi) is 7.94. The average Bonchev–Trinajstić information content (AvgIpc) is 2.44. The molecule has 0 saturated carbocycles. The molecule has 0 aliphatic carbocycles. The molecule has 1 rings (SSSR count). The van der Waals surface area contributed by atoms with Crippen molar-refractivity contribution in [1.29, 1.82) is 0 Å². The number of aromatic nitrogens is 1. The van der Waals surface area contributed by atoms with Crippen LogP contribution in [0.25, 0.3) is 0 Å². The van der Waals surface area contributed by atoms with Gasteiger partial charge in [-0.15, -0.1) is 0 Å². The topological polar surface area (TPSA) is 86.5 Å². The number of hydrogen-bond acceptors (Lipinski definition) is 5. The van der Waals surface area contributed by atoms with Gasteiger partial charge in [-0.3, -0.25) is 4.79 Å². The molecule has 20 heavy (non-hydrogen) atoms. The van der Waals surface area contributed by atoms with Gasteiger partial charge < -0.3 is 20.5 Å². The van der Waals surface area contributed by atoms with Crippen LogP contribution in [-0.4, -0.2) is 44.4 Å². The standard InChI is InChI=1S/C13H20ClN3O3/c1-19-6-7-20-5-3-2-4-16-13(18)10-8-12(15)17-9-11(10)14/h8-9H,2-7H2,1H3,(H2,15,17)(H,16,18). The van der Waals surface area contributed by atoms with E-state index in [1.165, 1.54) is 12.3 Å². The third-order valence-corrected chi connectivity index (χ3v) is 2.86. The van der Waals surface area contributed by atoms with Crippen molar-refractivity contribution in [3.05, 3.63) is 22.8 Å². The van der Waals surface area contributed by atoms with Gasteiger partial charge in [0.25, 0.3) is 5.91 Å². The lowest BCUT2D eigenvalue weighted by molar-refractivity contribution is 0.0686. The molecule has 0 radical (unpaired) electrons. The van der Waals surface area contributed by atoms with Gasteiger partial charge in [-0.1, -0.05) is 11.6 Å². The maximum atomic E-state index is 11.9. The predicted octanol–water partition coefficient (Wildman–Crippen LogP) is 1.49. The number of amides is 1. The van der Waals surface area contributed by atoms with E-state index in [4.69, 9.17) is 26.8 Å². The second-order valence-electron chi connectivity index (χ2n) is 4.16. The zero-order valence-electron chi connectivity index (χ0n) is 11.5. The zero-order valence-corrected chi connectivity index (χ0v) is 12.3. The van der Waals surface area contributed by atoms with Crippen molar-refractivity contribution in [2.24, 2.45) is 0 Å². The monoisotopic (exact) mass is 301 g/mol. The Bertz CT molecular complexity index is 429. The predicted molar refractivity (Wildman–Crippen MR) is 77.9 cm³/mol. The summed E-state index contributed by atoms with van der Waals surface area (Å²) in [5.74, 6) is 0.0236. The number of carbonyl (C=O) groups excluding carboxylic acids is 1. The fraction of sp³-hybridized carbons (Fsp3) is 0.538. The Morgan fingerprint density at radius 3 is 2.95 bits per heavy atom. The highest BCUT2D eigenvalue weighted by Crippen LogP contribution is 2.16. The second-order valence-corrected chi connectivity index (χ2v) is 4.56. The molecule has 0 bridgehead atoms. The minimum absolute atomic E-state index is 0.246. The third kappa shape index (κ3) is 6.18. The summed E-state index contributed by atoms with van der Waals surface area (Å²) in [6, 6.07) is 1.46. The Morgan fingerprint density at radius 2 is 2.20 bits per heavy atom. The summed E-state index contributed by atoms with van der Waals surface area (Å²) < 4.78 is 10.2. The highest BCUT2D eigenvalue weighted by Gasteiger charge is 2.10. The van der Waals surface area contributed by atoms with E-state index in [1.807, 2.05) is 0 Å². The van der Waals surface area contributed by atoms with Gasteiger partial charge in [0.05, 0.1) is 23.8 Å². The number of nitrogens with two attached hydrogens (primary N) is 1. The van der Waals surface area contributed by atoms with Crippen LogP contribution in [0.5, 0.6) is 0 Å². The van der Waals surface area contributed by atoms with Gasteiger partial charge in [0, 0.05) is 26.5 Å². The number of unbranched alkanes of at least 4 members (excludes halogenated alkanes) is 1. The first-order chi connectivity index (χ1) is 9.65. The number of anilines is 1. The number of halogens is 1. The molecule has 0 aliphatic heterocycles. The van der Waals surface area contributed by atoms with E-state index >= 15 is 0 Å². The summed E-state index contributed by atoms with van der Waals surface area (Å²) in [6.45, 7) is 2.40. The fourth-order valence-electron chi connectivity index (χ4n) is 1.50. The maximum absolute atomic E-state index is 11.9. The molecule has 0 saturated heterocycles. The molecule has 1 heterocycles. The largest absolute Gasteiger partial charge is 0.384 e. The lowest BCUT2D eigenvalue weighted by atomic mass is 10.2. The molecular weight excluding hydrogens is 282 g/mol. The lowest BCUT2D eigenvalue weighted by Gasteiger charge is -2.07. The smallest absolute Gasteiger partial charge is 0.252 e. The summed E-state index contributed by atoms with van der Waals surface area (Å²) >= 11 is 5.89. The van der Waals surface area contributed by atoms with Crippen LogP contribution in [0.2, 0.25) is 5.02 Å². The van der Waals surface area contributed by atoms with E-state index in [1.54, 1.807) is 7.11 Å². The number of pyridine rings is 1. The molecule has 1 aromatic heterocycles. The third-order valence-electron chi connectivity index (χ3n) is 2.55. The van der Waals surface area contributed by atoms with Crippen molar-refractivity contribution < 1.29 is 14.3 Å². The van der Waals surface area contributed by atoms with Crippen molar-refractivity contribution >= 4 is 23.3 Å². The highest BCUT2D eigenvalue weighted by atomic mass is 35.5. The van der Waals surface area contributed by atoms with Gasteiger partial charge in [-0.05, 0) is 18.9 Å². The first-order valence-electron chi connectivity index (χ1n) is 6.41. The van der Waals surface area contributed by atoms with Crippen LogP contribution in [0.15, 0.2) is 12.3 Å². The SMILES string of the molecule is COCCOCCCCNC(=O)c1cc(N)ncc1Cl. The van der Waals surface area contributed by atoms with Crippen LogP contribution >= 0.6 is 11.6 Å². The molecule has 1 aromatic rings. The molecule has 0 aliphatic rings. The fourth-order valence-corrected chi connectivity index (χ4v) is 1.69. The molecule has 0 spiro atoms. The van der Waals surface area contributed by atoms with Crippen LogP contribution in [0.4, 0.5) is 5.82 Å². The molecule has 6 nitrogen and oxygen atoms in total. The van der Waals surface area contributed by atoms with Gasteiger partial charge in [-0.25, -0.2) is 4.98 Å². The molecule has 0 atom stereocenters. The minimum atomic E-state index is -0.246. The number of ether oxygens (including phenoxy) is 2. The first kappa shape index (κ1) is 16.7.